The molecule has 21 heavy (non-hydrogen) atoms. The predicted octanol–water partition coefficient (Wildman–Crippen LogP) is 1.76. The van der Waals surface area contributed by atoms with E-state index in [1.807, 2.05) is 0 Å². The number of hydrogen-bond donors (Lipinski definition) is 0. The normalized spacial score (nSPS) is 25.0. The molecule has 2 saturated heterocycles. The van der Waals surface area contributed by atoms with Gasteiger partial charge in [-0.25, -0.2) is 0 Å². The first-order chi connectivity index (χ1) is 10.1. The topological polar surface area (TPSA) is 62.6 Å². The second kappa shape index (κ2) is 5.47. The van der Waals surface area contributed by atoms with Gasteiger partial charge in [0.1, 0.15) is 5.60 Å². The van der Waals surface area contributed by atoms with Gasteiger partial charge in [0.05, 0.1) is 24.8 Å². The highest BCUT2D eigenvalue weighted by Gasteiger charge is 2.41. The molecule has 0 N–H and O–H groups in total. The highest BCUT2D eigenvalue weighted by Crippen LogP contribution is 2.32. The minimum absolute atomic E-state index is 0.0118. The van der Waals surface area contributed by atoms with Crippen LogP contribution < -0.4 is 4.90 Å². The molecule has 110 valence electrons. The van der Waals surface area contributed by atoms with Crippen LogP contribution in [0.15, 0.2) is 18.2 Å². The minimum atomic E-state index is -0.269. The number of anilines is 1. The number of benzene rings is 1. The average Bonchev–Trinajstić information content (AvgIpc) is 2.94. The standard InChI is InChI=1S/C16H18N2O3/c1-12(19)14-3-2-13(9-17)8-15(14)18-5-7-21-16(10-18)4-6-20-11-16/h2-3,8H,4-7,10-11H2,1H3. The maximum absolute atomic E-state index is 11.9. The second-order valence-corrected chi connectivity index (χ2v) is 5.66. The molecule has 0 aromatic heterocycles. The molecule has 1 unspecified atom stereocenters. The number of rotatable bonds is 2. The van der Waals surface area contributed by atoms with E-state index in [-0.39, 0.29) is 11.4 Å². The van der Waals surface area contributed by atoms with Gasteiger partial charge in [-0.2, -0.15) is 5.26 Å². The molecule has 2 aliphatic rings. The quantitative estimate of drug-likeness (QED) is 0.775. The lowest BCUT2D eigenvalue weighted by atomic mass is 9.98. The van der Waals surface area contributed by atoms with Crippen LogP contribution in [-0.2, 0) is 9.47 Å². The van der Waals surface area contributed by atoms with Gasteiger partial charge in [-0.3, -0.25) is 4.79 Å². The maximum atomic E-state index is 11.9. The Labute approximate surface area is 124 Å². The van der Waals surface area contributed by atoms with Gasteiger partial charge in [-0.05, 0) is 25.1 Å². The van der Waals surface area contributed by atoms with Crippen molar-refractivity contribution in [3.63, 3.8) is 0 Å². The maximum Gasteiger partial charge on any atom is 0.161 e. The van der Waals surface area contributed by atoms with Gasteiger partial charge in [0, 0.05) is 37.4 Å². The lowest BCUT2D eigenvalue weighted by Gasteiger charge is -2.41. The van der Waals surface area contributed by atoms with Crippen LogP contribution in [0.4, 0.5) is 5.69 Å². The Balaban J connectivity index is 1.95. The summed E-state index contributed by atoms with van der Waals surface area (Å²) in [6.45, 7) is 4.89. The van der Waals surface area contributed by atoms with Gasteiger partial charge in [-0.1, -0.05) is 0 Å². The summed E-state index contributed by atoms with van der Waals surface area (Å²) in [5.74, 6) is 0.0118. The number of carbonyl (C=O) groups is 1. The summed E-state index contributed by atoms with van der Waals surface area (Å²) < 4.78 is 11.4. The van der Waals surface area contributed by atoms with E-state index in [2.05, 4.69) is 11.0 Å². The zero-order chi connectivity index (χ0) is 14.9. The molecule has 1 atom stereocenters. The van der Waals surface area contributed by atoms with Crippen LogP contribution in [0.5, 0.6) is 0 Å². The number of carbonyl (C=O) groups excluding carboxylic acids is 1. The van der Waals surface area contributed by atoms with Gasteiger partial charge >= 0.3 is 0 Å². The molecular weight excluding hydrogens is 268 g/mol. The van der Waals surface area contributed by atoms with Gasteiger partial charge in [0.15, 0.2) is 5.78 Å². The monoisotopic (exact) mass is 286 g/mol. The molecule has 0 saturated carbocycles. The summed E-state index contributed by atoms with van der Waals surface area (Å²) in [6, 6.07) is 7.37. The predicted molar refractivity (Wildman–Crippen MR) is 77.5 cm³/mol. The molecule has 2 aliphatic heterocycles. The highest BCUT2D eigenvalue weighted by molar-refractivity contribution is 6.00. The van der Waals surface area contributed by atoms with Gasteiger partial charge in [-0.15, -0.1) is 0 Å². The molecule has 2 fully saturated rings. The summed E-state index contributed by atoms with van der Waals surface area (Å²) in [7, 11) is 0. The summed E-state index contributed by atoms with van der Waals surface area (Å²) in [6.07, 6.45) is 0.872. The Morgan fingerprint density at radius 1 is 1.43 bits per heavy atom. The number of ether oxygens (including phenoxy) is 2. The number of nitrogens with zero attached hydrogens (tertiary/aromatic N) is 2. The molecular formula is C16H18N2O3. The minimum Gasteiger partial charge on any atom is -0.378 e. The van der Waals surface area contributed by atoms with Crippen LogP contribution in [0.1, 0.15) is 29.3 Å². The Kier molecular flexibility index (Phi) is 3.66. The Hall–Kier alpha value is -1.90. The first-order valence-corrected chi connectivity index (χ1v) is 7.15. The molecule has 1 spiro atoms. The number of hydrogen-bond acceptors (Lipinski definition) is 5. The first-order valence-electron chi connectivity index (χ1n) is 7.15. The summed E-state index contributed by atoms with van der Waals surface area (Å²) in [5.41, 5.74) is 1.79. The molecule has 0 radical (unpaired) electrons. The molecule has 0 amide bonds. The zero-order valence-electron chi connectivity index (χ0n) is 12.1. The molecule has 3 rings (SSSR count). The summed E-state index contributed by atoms with van der Waals surface area (Å²) >= 11 is 0. The van der Waals surface area contributed by atoms with Crippen LogP contribution in [0.25, 0.3) is 0 Å². The largest absolute Gasteiger partial charge is 0.378 e. The van der Waals surface area contributed by atoms with E-state index in [0.717, 1.165) is 18.7 Å². The lowest BCUT2D eigenvalue weighted by Crippen LogP contribution is -2.52. The average molecular weight is 286 g/mol. The molecule has 1 aromatic carbocycles. The van der Waals surface area contributed by atoms with E-state index in [1.165, 1.54) is 0 Å². The third-order valence-electron chi connectivity index (χ3n) is 4.16. The van der Waals surface area contributed by atoms with Crippen LogP contribution >= 0.6 is 0 Å². The van der Waals surface area contributed by atoms with E-state index in [4.69, 9.17) is 14.7 Å². The van der Waals surface area contributed by atoms with E-state index < -0.39 is 0 Å². The van der Waals surface area contributed by atoms with Gasteiger partial charge in [0.25, 0.3) is 0 Å². The molecule has 2 heterocycles. The molecule has 5 heteroatoms. The molecule has 1 aromatic rings. The fourth-order valence-electron chi connectivity index (χ4n) is 3.04. The van der Waals surface area contributed by atoms with Gasteiger partial charge < -0.3 is 14.4 Å². The van der Waals surface area contributed by atoms with Crippen molar-refractivity contribution in [1.29, 1.82) is 5.26 Å². The fraction of sp³-hybridized carbons (Fsp3) is 0.500. The van der Waals surface area contributed by atoms with Crippen LogP contribution in [0.3, 0.4) is 0 Å². The van der Waals surface area contributed by atoms with Gasteiger partial charge in [0.2, 0.25) is 0 Å². The van der Waals surface area contributed by atoms with Crippen molar-refractivity contribution < 1.29 is 14.3 Å². The third kappa shape index (κ3) is 2.65. The number of nitriles is 1. The van der Waals surface area contributed by atoms with Crippen molar-refractivity contribution in [2.75, 3.05) is 37.8 Å². The second-order valence-electron chi connectivity index (χ2n) is 5.66. The van der Waals surface area contributed by atoms with Crippen LogP contribution in [0.2, 0.25) is 0 Å². The molecule has 0 bridgehead atoms. The first kappa shape index (κ1) is 14.1. The SMILES string of the molecule is CC(=O)c1ccc(C#N)cc1N1CCOC2(CCOC2)C1. The van der Waals surface area contributed by atoms with E-state index >= 15 is 0 Å². The van der Waals surface area contributed by atoms with Crippen molar-refractivity contribution in [1.82, 2.24) is 0 Å². The lowest BCUT2D eigenvalue weighted by molar-refractivity contribution is -0.0579. The van der Waals surface area contributed by atoms with Crippen molar-refractivity contribution in [3.8, 4) is 6.07 Å². The summed E-state index contributed by atoms with van der Waals surface area (Å²) in [5, 5.41) is 9.10. The van der Waals surface area contributed by atoms with E-state index in [9.17, 15) is 4.79 Å². The Morgan fingerprint density at radius 2 is 2.29 bits per heavy atom. The smallest absolute Gasteiger partial charge is 0.161 e. The van der Waals surface area contributed by atoms with Crippen LogP contribution in [-0.4, -0.2) is 44.3 Å². The third-order valence-corrected chi connectivity index (χ3v) is 4.16. The molecule has 5 nitrogen and oxygen atoms in total. The number of Topliss-reactive ketones (excluding diaryl/α,β-unsaturated/α-hetero) is 1. The van der Waals surface area contributed by atoms with Crippen LogP contribution in [0, 0.1) is 11.3 Å². The van der Waals surface area contributed by atoms with Crippen molar-refractivity contribution in [3.05, 3.63) is 29.3 Å². The van der Waals surface area contributed by atoms with E-state index in [1.54, 1.807) is 25.1 Å². The van der Waals surface area contributed by atoms with Crippen molar-refractivity contribution in [2.45, 2.75) is 18.9 Å². The Morgan fingerprint density at radius 3 is 2.95 bits per heavy atom. The van der Waals surface area contributed by atoms with Crippen molar-refractivity contribution in [2.24, 2.45) is 0 Å². The van der Waals surface area contributed by atoms with E-state index in [0.29, 0.717) is 37.5 Å². The number of ketones is 1. The summed E-state index contributed by atoms with van der Waals surface area (Å²) in [4.78, 5) is 14.0. The highest BCUT2D eigenvalue weighted by atomic mass is 16.6. The Bertz CT molecular complexity index is 600. The zero-order valence-corrected chi connectivity index (χ0v) is 12.1. The molecule has 0 aliphatic carbocycles. The van der Waals surface area contributed by atoms with Crippen molar-refractivity contribution >= 4 is 11.5 Å². The fourth-order valence-corrected chi connectivity index (χ4v) is 3.04. The number of morpholine rings is 1.